The number of morpholine rings is 1. The monoisotopic (exact) mass is 475 g/mol. The molecule has 3 rings (SSSR count). The number of amides is 1. The Kier molecular flexibility index (Phi) is 7.92. The number of nitrogens with one attached hydrogen (secondary N) is 2. The molecule has 1 amide bonds. The van der Waals surface area contributed by atoms with E-state index < -0.39 is 26.0 Å². The Morgan fingerprint density at radius 1 is 1.16 bits per heavy atom. The highest BCUT2D eigenvalue weighted by molar-refractivity contribution is 7.89. The summed E-state index contributed by atoms with van der Waals surface area (Å²) in [5, 5.41) is 2.55. The van der Waals surface area contributed by atoms with Crippen LogP contribution in [0.15, 0.2) is 23.1 Å². The number of hydrogen-bond acceptors (Lipinski definition) is 7. The molecule has 1 saturated carbocycles. The normalized spacial score (nSPS) is 18.7. The molecule has 0 aromatic heterocycles. The van der Waals surface area contributed by atoms with Crippen molar-refractivity contribution in [2.24, 2.45) is 0 Å². The van der Waals surface area contributed by atoms with Gasteiger partial charge in [-0.05, 0) is 31.0 Å². The van der Waals surface area contributed by atoms with Crippen LogP contribution in [0.4, 0.5) is 0 Å². The number of carbonyl (C=O) groups excluding carboxylic acids is 1. The second-order valence-corrected chi connectivity index (χ2v) is 11.3. The largest absolute Gasteiger partial charge is 0.495 e. The topological polar surface area (TPSA) is 131 Å². The summed E-state index contributed by atoms with van der Waals surface area (Å²) >= 11 is 0. The maximum Gasteiger partial charge on any atom is 0.251 e. The standard InChI is InChI=1S/C19H29N3O7S2/c1-28-17-7-6-15(14-18(17)31(26,27)21-16-4-2-3-5-16)19(23)20-8-13-30(24,25)22-9-11-29-12-10-22/h6-7,14,16,21H,2-5,8-13H2,1H3,(H,20,23). The fourth-order valence-electron chi connectivity index (χ4n) is 3.70. The number of hydrogen-bond donors (Lipinski definition) is 2. The van der Waals surface area contributed by atoms with Crippen LogP contribution in [0, 0.1) is 0 Å². The van der Waals surface area contributed by atoms with E-state index in [1.54, 1.807) is 0 Å². The number of carbonyl (C=O) groups is 1. The van der Waals surface area contributed by atoms with E-state index in [1.165, 1.54) is 29.6 Å². The van der Waals surface area contributed by atoms with E-state index in [0.29, 0.717) is 26.3 Å². The van der Waals surface area contributed by atoms with Crippen molar-refractivity contribution < 1.29 is 31.1 Å². The quantitative estimate of drug-likeness (QED) is 0.525. The molecule has 1 aliphatic heterocycles. The van der Waals surface area contributed by atoms with E-state index in [2.05, 4.69) is 10.0 Å². The summed E-state index contributed by atoms with van der Waals surface area (Å²) in [5.74, 6) is -0.669. The van der Waals surface area contributed by atoms with Crippen molar-refractivity contribution in [3.05, 3.63) is 23.8 Å². The zero-order valence-electron chi connectivity index (χ0n) is 17.5. The molecule has 0 radical (unpaired) electrons. The third-order valence-electron chi connectivity index (χ3n) is 5.40. The number of rotatable bonds is 9. The molecule has 2 N–H and O–H groups in total. The molecule has 12 heteroatoms. The highest BCUT2D eigenvalue weighted by atomic mass is 32.2. The molecule has 0 atom stereocenters. The molecule has 1 aromatic carbocycles. The number of ether oxygens (including phenoxy) is 2. The van der Waals surface area contributed by atoms with Gasteiger partial charge in [-0.3, -0.25) is 4.79 Å². The van der Waals surface area contributed by atoms with E-state index in [9.17, 15) is 21.6 Å². The second kappa shape index (κ2) is 10.3. The SMILES string of the molecule is COc1ccc(C(=O)NCCS(=O)(=O)N2CCOCC2)cc1S(=O)(=O)NC1CCCC1. The van der Waals surface area contributed by atoms with Crippen LogP contribution < -0.4 is 14.8 Å². The van der Waals surface area contributed by atoms with Crippen molar-refractivity contribution in [2.75, 3.05) is 45.7 Å². The third-order valence-corrected chi connectivity index (χ3v) is 8.82. The Morgan fingerprint density at radius 3 is 2.48 bits per heavy atom. The zero-order chi connectivity index (χ0) is 22.5. The predicted octanol–water partition coefficient (Wildman–Crippen LogP) is 0.308. The van der Waals surface area contributed by atoms with Gasteiger partial charge in [0.2, 0.25) is 20.0 Å². The molecule has 0 unspecified atom stereocenters. The van der Waals surface area contributed by atoms with Gasteiger partial charge < -0.3 is 14.8 Å². The minimum absolute atomic E-state index is 0.0903. The lowest BCUT2D eigenvalue weighted by atomic mass is 10.2. The fraction of sp³-hybridized carbons (Fsp3) is 0.632. The van der Waals surface area contributed by atoms with E-state index in [4.69, 9.17) is 9.47 Å². The average Bonchev–Trinajstić information content (AvgIpc) is 3.26. The maximum atomic E-state index is 12.8. The lowest BCUT2D eigenvalue weighted by Crippen LogP contribution is -2.43. The first-order valence-corrected chi connectivity index (χ1v) is 13.4. The first-order chi connectivity index (χ1) is 14.7. The van der Waals surface area contributed by atoms with Gasteiger partial charge in [0.25, 0.3) is 5.91 Å². The molecule has 2 aliphatic rings. The molecule has 0 bridgehead atoms. The van der Waals surface area contributed by atoms with E-state index >= 15 is 0 Å². The number of benzene rings is 1. The minimum Gasteiger partial charge on any atom is -0.495 e. The van der Waals surface area contributed by atoms with Gasteiger partial charge in [-0.1, -0.05) is 12.8 Å². The average molecular weight is 476 g/mol. The lowest BCUT2D eigenvalue weighted by molar-refractivity contribution is 0.0730. The molecule has 31 heavy (non-hydrogen) atoms. The summed E-state index contributed by atoms with van der Waals surface area (Å²) in [6.45, 7) is 1.20. The number of methoxy groups -OCH3 is 1. The summed E-state index contributed by atoms with van der Waals surface area (Å²) in [6.07, 6.45) is 3.50. The van der Waals surface area contributed by atoms with Gasteiger partial charge >= 0.3 is 0 Å². The van der Waals surface area contributed by atoms with Crippen LogP contribution >= 0.6 is 0 Å². The molecule has 0 spiro atoms. The van der Waals surface area contributed by atoms with Crippen LogP contribution in [0.3, 0.4) is 0 Å². The summed E-state index contributed by atoms with van der Waals surface area (Å²) in [6, 6.07) is 3.99. The van der Waals surface area contributed by atoms with Crippen molar-refractivity contribution >= 4 is 26.0 Å². The van der Waals surface area contributed by atoms with Crippen LogP contribution in [0.2, 0.25) is 0 Å². The maximum absolute atomic E-state index is 12.8. The van der Waals surface area contributed by atoms with E-state index in [1.807, 2.05) is 0 Å². The second-order valence-electron chi connectivity index (χ2n) is 7.55. The Morgan fingerprint density at radius 2 is 1.84 bits per heavy atom. The van der Waals surface area contributed by atoms with E-state index in [-0.39, 0.29) is 34.5 Å². The van der Waals surface area contributed by atoms with Gasteiger partial charge in [-0.15, -0.1) is 0 Å². The van der Waals surface area contributed by atoms with Crippen molar-refractivity contribution in [1.29, 1.82) is 0 Å². The molecule has 2 fully saturated rings. The van der Waals surface area contributed by atoms with Crippen LogP contribution in [0.25, 0.3) is 0 Å². The molecular formula is C19H29N3O7S2. The minimum atomic E-state index is -3.87. The van der Waals surface area contributed by atoms with Gasteiger partial charge in [0.1, 0.15) is 10.6 Å². The highest BCUT2D eigenvalue weighted by Crippen LogP contribution is 2.27. The van der Waals surface area contributed by atoms with Gasteiger partial charge in [-0.2, -0.15) is 4.31 Å². The molecule has 1 aromatic rings. The van der Waals surface area contributed by atoms with Crippen LogP contribution in [0.1, 0.15) is 36.0 Å². The Hall–Kier alpha value is -1.73. The van der Waals surface area contributed by atoms with Crippen LogP contribution in [-0.2, 0) is 24.8 Å². The van der Waals surface area contributed by atoms with Crippen molar-refractivity contribution in [2.45, 2.75) is 36.6 Å². The first-order valence-electron chi connectivity index (χ1n) is 10.3. The lowest BCUT2D eigenvalue weighted by Gasteiger charge is -2.26. The van der Waals surface area contributed by atoms with Crippen LogP contribution in [-0.4, -0.2) is 78.8 Å². The van der Waals surface area contributed by atoms with Crippen LogP contribution in [0.5, 0.6) is 5.75 Å². The molecule has 1 heterocycles. The zero-order valence-corrected chi connectivity index (χ0v) is 19.1. The van der Waals surface area contributed by atoms with Gasteiger partial charge in [-0.25, -0.2) is 21.6 Å². The molecule has 1 saturated heterocycles. The number of nitrogens with zero attached hydrogens (tertiary/aromatic N) is 1. The Labute approximate surface area is 183 Å². The smallest absolute Gasteiger partial charge is 0.251 e. The Balaban J connectivity index is 1.66. The van der Waals surface area contributed by atoms with Gasteiger partial charge in [0, 0.05) is 31.2 Å². The van der Waals surface area contributed by atoms with Gasteiger partial charge in [0.15, 0.2) is 0 Å². The van der Waals surface area contributed by atoms with E-state index in [0.717, 1.165) is 25.7 Å². The summed E-state index contributed by atoms with van der Waals surface area (Å²) in [5.41, 5.74) is 0.108. The molecule has 10 nitrogen and oxygen atoms in total. The van der Waals surface area contributed by atoms with Crippen molar-refractivity contribution in [1.82, 2.24) is 14.3 Å². The molecule has 174 valence electrons. The third kappa shape index (κ3) is 6.16. The summed E-state index contributed by atoms with van der Waals surface area (Å²) < 4.78 is 64.7. The van der Waals surface area contributed by atoms with Crippen molar-refractivity contribution in [3.8, 4) is 5.75 Å². The predicted molar refractivity (Wildman–Crippen MR) is 114 cm³/mol. The first kappa shape index (κ1) is 23.9. The molecule has 1 aliphatic carbocycles. The highest BCUT2D eigenvalue weighted by Gasteiger charge is 2.27. The number of sulfonamides is 2. The van der Waals surface area contributed by atoms with Gasteiger partial charge in [0.05, 0.1) is 26.1 Å². The molecular weight excluding hydrogens is 446 g/mol. The summed E-state index contributed by atoms with van der Waals surface area (Å²) in [7, 11) is -6.01. The van der Waals surface area contributed by atoms with Crippen molar-refractivity contribution in [3.63, 3.8) is 0 Å². The summed E-state index contributed by atoms with van der Waals surface area (Å²) in [4.78, 5) is 12.4. The fourth-order valence-corrected chi connectivity index (χ4v) is 6.53. The Bertz CT molecular complexity index is 984.